The lowest BCUT2D eigenvalue weighted by atomic mass is 9.92. The summed E-state index contributed by atoms with van der Waals surface area (Å²) in [4.78, 5) is 4.12. The highest BCUT2D eigenvalue weighted by molar-refractivity contribution is 5.02. The molecule has 2 atom stereocenters. The molecule has 0 aliphatic carbocycles. The first-order chi connectivity index (χ1) is 5.77. The molecule has 3 heteroatoms. The summed E-state index contributed by atoms with van der Waals surface area (Å²) in [6.07, 6.45) is 6.21. The van der Waals surface area contributed by atoms with Crippen LogP contribution in [0.15, 0.2) is 12.5 Å². The summed E-state index contributed by atoms with van der Waals surface area (Å²) in [5, 5.41) is 0. The Kier molecular flexibility index (Phi) is 1.89. The Morgan fingerprint density at radius 2 is 2.58 bits per heavy atom. The minimum absolute atomic E-state index is 0.306. The molecule has 0 spiro atoms. The maximum atomic E-state index is 5.86. The summed E-state index contributed by atoms with van der Waals surface area (Å²) >= 11 is 0. The average Bonchev–Trinajstić information content (AvgIpc) is 2.49. The summed E-state index contributed by atoms with van der Waals surface area (Å²) in [6, 6.07) is 0.306. The van der Waals surface area contributed by atoms with Crippen LogP contribution in [0, 0.1) is 5.92 Å². The quantitative estimate of drug-likeness (QED) is 0.668. The summed E-state index contributed by atoms with van der Waals surface area (Å²) in [6.45, 7) is 3.14. The van der Waals surface area contributed by atoms with Gasteiger partial charge in [0, 0.05) is 24.5 Å². The number of imidazole rings is 1. The topological polar surface area (TPSA) is 43.8 Å². The Morgan fingerprint density at radius 1 is 1.75 bits per heavy atom. The molecule has 12 heavy (non-hydrogen) atoms. The van der Waals surface area contributed by atoms with E-state index in [-0.39, 0.29) is 0 Å². The van der Waals surface area contributed by atoms with Gasteiger partial charge in [-0.25, -0.2) is 4.98 Å². The largest absolute Gasteiger partial charge is 0.334 e. The Hall–Kier alpha value is -0.830. The lowest BCUT2D eigenvalue weighted by molar-refractivity contribution is 0.324. The van der Waals surface area contributed by atoms with Crippen LogP contribution in [0.2, 0.25) is 0 Å². The van der Waals surface area contributed by atoms with E-state index < -0.39 is 0 Å². The molecular weight excluding hydrogens is 150 g/mol. The predicted octanol–water partition coefficient (Wildman–Crippen LogP) is 0.793. The van der Waals surface area contributed by atoms with E-state index in [1.807, 2.05) is 12.5 Å². The predicted molar refractivity (Wildman–Crippen MR) is 47.7 cm³/mol. The summed E-state index contributed by atoms with van der Waals surface area (Å²) in [5.41, 5.74) is 7.21. The first kappa shape index (κ1) is 7.80. The highest BCUT2D eigenvalue weighted by atomic mass is 15.1. The number of nitrogens with zero attached hydrogens (tertiary/aromatic N) is 2. The molecule has 1 aliphatic heterocycles. The molecule has 66 valence electrons. The molecule has 1 aromatic rings. The van der Waals surface area contributed by atoms with Gasteiger partial charge in [0.25, 0.3) is 0 Å². The van der Waals surface area contributed by atoms with Crippen molar-refractivity contribution in [1.82, 2.24) is 9.55 Å². The van der Waals surface area contributed by atoms with Crippen molar-refractivity contribution in [3.8, 4) is 0 Å². The van der Waals surface area contributed by atoms with Crippen molar-refractivity contribution >= 4 is 0 Å². The number of rotatable bonds is 1. The van der Waals surface area contributed by atoms with Crippen molar-refractivity contribution in [3.05, 3.63) is 18.2 Å². The number of fused-ring (bicyclic) bond motifs is 1. The fraction of sp³-hybridized carbons (Fsp3) is 0.667. The van der Waals surface area contributed by atoms with E-state index >= 15 is 0 Å². The molecule has 2 heterocycles. The maximum Gasteiger partial charge on any atom is 0.0948 e. The van der Waals surface area contributed by atoms with Gasteiger partial charge in [0.2, 0.25) is 0 Å². The molecule has 0 radical (unpaired) electrons. The van der Waals surface area contributed by atoms with E-state index in [1.165, 1.54) is 12.1 Å². The molecule has 0 saturated carbocycles. The number of nitrogens with two attached hydrogens (primary N) is 1. The molecule has 1 aliphatic rings. The van der Waals surface area contributed by atoms with E-state index in [1.54, 1.807) is 0 Å². The van der Waals surface area contributed by atoms with Crippen LogP contribution in [0.25, 0.3) is 0 Å². The minimum Gasteiger partial charge on any atom is -0.334 e. The summed E-state index contributed by atoms with van der Waals surface area (Å²) in [7, 11) is 0. The second kappa shape index (κ2) is 2.90. The zero-order valence-electron chi connectivity index (χ0n) is 7.40. The van der Waals surface area contributed by atoms with Crippen molar-refractivity contribution in [2.45, 2.75) is 32.4 Å². The first-order valence-corrected chi connectivity index (χ1v) is 4.52. The van der Waals surface area contributed by atoms with E-state index in [9.17, 15) is 0 Å². The molecule has 0 fully saturated rings. The number of aryl methyl sites for hydroxylation is 1. The van der Waals surface area contributed by atoms with Gasteiger partial charge in [-0.3, -0.25) is 0 Å². The number of aromatic nitrogens is 2. The average molecular weight is 165 g/mol. The van der Waals surface area contributed by atoms with Crippen LogP contribution in [-0.4, -0.2) is 15.6 Å². The highest BCUT2D eigenvalue weighted by Gasteiger charge is 2.20. The van der Waals surface area contributed by atoms with Crippen molar-refractivity contribution in [2.75, 3.05) is 0 Å². The van der Waals surface area contributed by atoms with Crippen LogP contribution in [0.5, 0.6) is 0 Å². The van der Waals surface area contributed by atoms with Crippen molar-refractivity contribution in [1.29, 1.82) is 0 Å². The van der Waals surface area contributed by atoms with Gasteiger partial charge in [0.05, 0.1) is 6.33 Å². The fourth-order valence-electron chi connectivity index (χ4n) is 1.83. The normalized spacial score (nSPS) is 25.0. The van der Waals surface area contributed by atoms with Gasteiger partial charge in [-0.15, -0.1) is 0 Å². The molecule has 0 aromatic carbocycles. The van der Waals surface area contributed by atoms with Gasteiger partial charge in [0.15, 0.2) is 0 Å². The number of hydrogen-bond acceptors (Lipinski definition) is 2. The van der Waals surface area contributed by atoms with Crippen LogP contribution in [0.3, 0.4) is 0 Å². The van der Waals surface area contributed by atoms with Crippen molar-refractivity contribution in [3.63, 3.8) is 0 Å². The number of hydrogen-bond donors (Lipinski definition) is 1. The standard InChI is InChI=1S/C9H15N3/c1-7(10)8-2-3-9-4-11-6-12(9)5-8/h4,6-8H,2-3,5,10H2,1H3. The van der Waals surface area contributed by atoms with Gasteiger partial charge in [-0.2, -0.15) is 0 Å². The fourth-order valence-corrected chi connectivity index (χ4v) is 1.83. The molecular formula is C9H15N3. The molecule has 2 unspecified atom stereocenters. The molecule has 2 N–H and O–H groups in total. The minimum atomic E-state index is 0.306. The SMILES string of the molecule is CC(N)C1CCc2cncn2C1. The van der Waals surface area contributed by atoms with Gasteiger partial charge in [-0.1, -0.05) is 0 Å². The molecule has 0 bridgehead atoms. The zero-order chi connectivity index (χ0) is 8.55. The lowest BCUT2D eigenvalue weighted by Crippen LogP contribution is -2.33. The van der Waals surface area contributed by atoms with Crippen LogP contribution >= 0.6 is 0 Å². The van der Waals surface area contributed by atoms with Gasteiger partial charge < -0.3 is 10.3 Å². The van der Waals surface area contributed by atoms with Crippen LogP contribution in [0.1, 0.15) is 19.0 Å². The molecule has 0 amide bonds. The smallest absolute Gasteiger partial charge is 0.0948 e. The Morgan fingerprint density at radius 3 is 3.33 bits per heavy atom. The Bertz CT molecular complexity index is 264. The highest BCUT2D eigenvalue weighted by Crippen LogP contribution is 2.20. The summed E-state index contributed by atoms with van der Waals surface area (Å²) < 4.78 is 2.22. The van der Waals surface area contributed by atoms with Gasteiger partial charge >= 0.3 is 0 Å². The lowest BCUT2D eigenvalue weighted by Gasteiger charge is -2.26. The Balaban J connectivity index is 2.15. The summed E-state index contributed by atoms with van der Waals surface area (Å²) in [5.74, 6) is 0.631. The third kappa shape index (κ3) is 1.25. The molecule has 3 nitrogen and oxygen atoms in total. The van der Waals surface area contributed by atoms with Gasteiger partial charge in [0.1, 0.15) is 0 Å². The molecule has 2 rings (SSSR count). The Labute approximate surface area is 72.6 Å². The molecule has 0 saturated heterocycles. The monoisotopic (exact) mass is 165 g/mol. The second-order valence-corrected chi connectivity index (χ2v) is 3.70. The van der Waals surface area contributed by atoms with E-state index in [0.29, 0.717) is 12.0 Å². The zero-order valence-corrected chi connectivity index (χ0v) is 7.40. The van der Waals surface area contributed by atoms with Crippen LogP contribution < -0.4 is 5.73 Å². The van der Waals surface area contributed by atoms with E-state index in [2.05, 4.69) is 16.5 Å². The molecule has 1 aromatic heterocycles. The van der Waals surface area contributed by atoms with Gasteiger partial charge in [-0.05, 0) is 25.7 Å². The third-order valence-corrected chi connectivity index (χ3v) is 2.74. The third-order valence-electron chi connectivity index (χ3n) is 2.74. The second-order valence-electron chi connectivity index (χ2n) is 3.70. The van der Waals surface area contributed by atoms with Crippen LogP contribution in [-0.2, 0) is 13.0 Å². The van der Waals surface area contributed by atoms with Crippen LogP contribution in [0.4, 0.5) is 0 Å². The van der Waals surface area contributed by atoms with Crippen molar-refractivity contribution < 1.29 is 0 Å². The van der Waals surface area contributed by atoms with E-state index in [4.69, 9.17) is 5.73 Å². The van der Waals surface area contributed by atoms with E-state index in [0.717, 1.165) is 13.0 Å². The van der Waals surface area contributed by atoms with Crippen molar-refractivity contribution in [2.24, 2.45) is 11.7 Å². The maximum absolute atomic E-state index is 5.86. The first-order valence-electron chi connectivity index (χ1n) is 4.52.